The van der Waals surface area contributed by atoms with Crippen molar-refractivity contribution in [2.75, 3.05) is 20.8 Å². The predicted octanol–water partition coefficient (Wildman–Crippen LogP) is 4.18. The first-order valence-electron chi connectivity index (χ1n) is 10.8. The molecular formula is C26H25ClN4O5. The van der Waals surface area contributed by atoms with Crippen molar-refractivity contribution in [3.63, 3.8) is 0 Å². The number of amides is 1. The van der Waals surface area contributed by atoms with Crippen LogP contribution in [0.25, 0.3) is 0 Å². The molecule has 0 aliphatic rings. The van der Waals surface area contributed by atoms with Crippen molar-refractivity contribution < 1.29 is 23.7 Å². The number of hydrazone groups is 1. The Labute approximate surface area is 214 Å². The number of aryl methyl sites for hydroxylation is 1. The van der Waals surface area contributed by atoms with Gasteiger partial charge in [0.2, 0.25) is 5.88 Å². The number of rotatable bonds is 11. The Bertz CT molecular complexity index is 1290. The van der Waals surface area contributed by atoms with Crippen molar-refractivity contribution in [3.8, 4) is 23.4 Å². The van der Waals surface area contributed by atoms with Gasteiger partial charge in [0.25, 0.3) is 5.91 Å². The first-order chi connectivity index (χ1) is 17.4. The minimum atomic E-state index is -0.515. The lowest BCUT2D eigenvalue weighted by atomic mass is 10.1. The van der Waals surface area contributed by atoms with E-state index in [1.165, 1.54) is 20.4 Å². The molecule has 0 spiro atoms. The molecule has 0 aliphatic carbocycles. The van der Waals surface area contributed by atoms with E-state index in [9.17, 15) is 10.1 Å². The molecule has 9 nitrogen and oxygen atoms in total. The molecule has 10 heteroatoms. The Balaban J connectivity index is 1.57. The van der Waals surface area contributed by atoms with Crippen LogP contribution in [-0.2, 0) is 22.7 Å². The van der Waals surface area contributed by atoms with Gasteiger partial charge in [-0.3, -0.25) is 4.79 Å². The zero-order chi connectivity index (χ0) is 25.9. The second kappa shape index (κ2) is 13.1. The fraction of sp³-hybridized carbons (Fsp3) is 0.231. The first-order valence-corrected chi connectivity index (χ1v) is 11.2. The number of methoxy groups -OCH3 is 2. The van der Waals surface area contributed by atoms with E-state index in [1.807, 2.05) is 24.3 Å². The van der Waals surface area contributed by atoms with Crippen molar-refractivity contribution in [2.24, 2.45) is 5.10 Å². The van der Waals surface area contributed by atoms with Crippen molar-refractivity contribution in [1.82, 2.24) is 10.4 Å². The zero-order valence-electron chi connectivity index (χ0n) is 20.1. The quantitative estimate of drug-likeness (QED) is 0.305. The van der Waals surface area contributed by atoms with E-state index in [-0.39, 0.29) is 31.3 Å². The minimum Gasteiger partial charge on any atom is -0.493 e. The topological polar surface area (TPSA) is 115 Å². The summed E-state index contributed by atoms with van der Waals surface area (Å²) in [4.78, 5) is 16.4. The molecule has 36 heavy (non-hydrogen) atoms. The van der Waals surface area contributed by atoms with Gasteiger partial charge >= 0.3 is 0 Å². The number of benzene rings is 2. The molecule has 3 rings (SSSR count). The van der Waals surface area contributed by atoms with Crippen LogP contribution in [0.3, 0.4) is 0 Å². The van der Waals surface area contributed by atoms with Gasteiger partial charge in [-0.25, -0.2) is 10.4 Å². The van der Waals surface area contributed by atoms with Gasteiger partial charge < -0.3 is 18.9 Å². The highest BCUT2D eigenvalue weighted by atomic mass is 35.5. The fourth-order valence-electron chi connectivity index (χ4n) is 3.20. The van der Waals surface area contributed by atoms with Gasteiger partial charge in [-0.1, -0.05) is 29.8 Å². The molecule has 1 N–H and O–H groups in total. The van der Waals surface area contributed by atoms with E-state index in [0.717, 1.165) is 5.56 Å². The number of nitrogens with zero attached hydrogens (tertiary/aromatic N) is 3. The molecule has 0 saturated carbocycles. The van der Waals surface area contributed by atoms with Gasteiger partial charge in [-0.15, -0.1) is 0 Å². The number of hydrogen-bond donors (Lipinski definition) is 1. The Kier molecular flexibility index (Phi) is 9.63. The van der Waals surface area contributed by atoms with Gasteiger partial charge in [0, 0.05) is 29.0 Å². The maximum atomic E-state index is 12.2. The zero-order valence-corrected chi connectivity index (χ0v) is 20.8. The number of aromatic nitrogens is 1. The summed E-state index contributed by atoms with van der Waals surface area (Å²) >= 11 is 6.18. The number of halogens is 1. The molecule has 1 aromatic heterocycles. The second-order valence-electron chi connectivity index (χ2n) is 7.52. The molecule has 0 saturated heterocycles. The van der Waals surface area contributed by atoms with E-state index in [1.54, 1.807) is 37.3 Å². The van der Waals surface area contributed by atoms with Crippen LogP contribution in [0.1, 0.15) is 27.9 Å². The van der Waals surface area contributed by atoms with Crippen LogP contribution in [0, 0.1) is 18.3 Å². The van der Waals surface area contributed by atoms with Crippen molar-refractivity contribution in [3.05, 3.63) is 81.5 Å². The van der Waals surface area contributed by atoms with Gasteiger partial charge in [-0.2, -0.15) is 10.4 Å². The molecule has 0 aliphatic heterocycles. The number of nitrogens with one attached hydrogen (secondary N) is 1. The summed E-state index contributed by atoms with van der Waals surface area (Å²) in [7, 11) is 3.06. The fourth-order valence-corrected chi connectivity index (χ4v) is 3.39. The smallest absolute Gasteiger partial charge is 0.278 e. The molecule has 1 heterocycles. The van der Waals surface area contributed by atoms with E-state index in [2.05, 4.69) is 15.5 Å². The lowest BCUT2D eigenvalue weighted by Crippen LogP contribution is -2.25. The summed E-state index contributed by atoms with van der Waals surface area (Å²) in [6.07, 6.45) is 1.46. The molecule has 0 bridgehead atoms. The lowest BCUT2D eigenvalue weighted by molar-refractivity contribution is -0.123. The molecule has 186 valence electrons. The standard InChI is InChI=1S/C26H25ClN4O5/c1-17-10-20(14-33-2)21(12-28)26(30-17)36-16-25(32)31-29-13-18-8-9-23(24(11-18)34-3)35-15-19-6-4-5-7-22(19)27/h4-11,13H,14-16H2,1-3H3,(H,31,32)/b29-13-. The van der Waals surface area contributed by atoms with E-state index < -0.39 is 5.91 Å². The van der Waals surface area contributed by atoms with Crippen LogP contribution in [0.5, 0.6) is 17.4 Å². The van der Waals surface area contributed by atoms with Crippen LogP contribution < -0.4 is 19.6 Å². The third kappa shape index (κ3) is 7.18. The number of carbonyl (C=O) groups excluding carboxylic acids is 1. The van der Waals surface area contributed by atoms with Crippen LogP contribution in [-0.4, -0.2) is 37.9 Å². The minimum absolute atomic E-state index is 0.0702. The number of ether oxygens (including phenoxy) is 4. The second-order valence-corrected chi connectivity index (χ2v) is 7.93. The summed E-state index contributed by atoms with van der Waals surface area (Å²) in [5, 5.41) is 14.0. The monoisotopic (exact) mass is 508 g/mol. The van der Waals surface area contributed by atoms with Gasteiger partial charge in [-0.05, 0) is 42.8 Å². The third-order valence-electron chi connectivity index (χ3n) is 4.88. The summed E-state index contributed by atoms with van der Waals surface area (Å²) in [5.41, 5.74) is 5.41. The lowest BCUT2D eigenvalue weighted by Gasteiger charge is -2.12. The normalized spacial score (nSPS) is 10.6. The number of hydrogen-bond acceptors (Lipinski definition) is 8. The van der Waals surface area contributed by atoms with Crippen LogP contribution in [0.2, 0.25) is 5.02 Å². The van der Waals surface area contributed by atoms with E-state index in [0.29, 0.717) is 33.3 Å². The number of nitriles is 1. The van der Waals surface area contributed by atoms with Crippen LogP contribution in [0.15, 0.2) is 53.6 Å². The summed E-state index contributed by atoms with van der Waals surface area (Å²) in [6.45, 7) is 1.91. The van der Waals surface area contributed by atoms with Crippen molar-refractivity contribution in [1.29, 1.82) is 5.26 Å². The van der Waals surface area contributed by atoms with Crippen molar-refractivity contribution >= 4 is 23.7 Å². The number of pyridine rings is 1. The first kappa shape index (κ1) is 26.5. The Hall–Kier alpha value is -4.13. The molecule has 1 amide bonds. The highest BCUT2D eigenvalue weighted by Gasteiger charge is 2.14. The number of carbonyl (C=O) groups is 1. The van der Waals surface area contributed by atoms with Crippen LogP contribution in [0.4, 0.5) is 0 Å². The van der Waals surface area contributed by atoms with Gasteiger partial charge in [0.05, 0.1) is 19.9 Å². The van der Waals surface area contributed by atoms with Gasteiger partial charge in [0.15, 0.2) is 18.1 Å². The van der Waals surface area contributed by atoms with Gasteiger partial charge in [0.1, 0.15) is 18.2 Å². The molecule has 0 fully saturated rings. The average Bonchev–Trinajstić information content (AvgIpc) is 2.87. The SMILES string of the molecule is COCc1cc(C)nc(OCC(=O)N/N=C\c2ccc(OCc3ccccc3Cl)c(OC)c2)c1C#N. The van der Waals surface area contributed by atoms with E-state index in [4.69, 9.17) is 30.5 Å². The summed E-state index contributed by atoms with van der Waals surface area (Å²) < 4.78 is 21.8. The average molecular weight is 509 g/mol. The highest BCUT2D eigenvalue weighted by molar-refractivity contribution is 6.31. The Morgan fingerprint density at radius 3 is 2.64 bits per heavy atom. The molecule has 2 aromatic carbocycles. The maximum absolute atomic E-state index is 12.2. The molecular weight excluding hydrogens is 484 g/mol. The highest BCUT2D eigenvalue weighted by Crippen LogP contribution is 2.29. The molecule has 0 atom stereocenters. The molecule has 0 unspecified atom stereocenters. The molecule has 3 aromatic rings. The largest absolute Gasteiger partial charge is 0.493 e. The summed E-state index contributed by atoms with van der Waals surface area (Å²) in [6, 6.07) is 16.4. The Morgan fingerprint density at radius 2 is 1.92 bits per heavy atom. The Morgan fingerprint density at radius 1 is 1.11 bits per heavy atom. The summed E-state index contributed by atoms with van der Waals surface area (Å²) in [5.74, 6) is 0.597. The van der Waals surface area contributed by atoms with E-state index >= 15 is 0 Å². The predicted molar refractivity (Wildman–Crippen MR) is 134 cm³/mol. The third-order valence-corrected chi connectivity index (χ3v) is 5.25. The van der Waals surface area contributed by atoms with Crippen molar-refractivity contribution in [2.45, 2.75) is 20.1 Å². The maximum Gasteiger partial charge on any atom is 0.278 e. The van der Waals surface area contributed by atoms with Crippen LogP contribution >= 0.6 is 11.6 Å². The molecule has 0 radical (unpaired) electrons.